The van der Waals surface area contributed by atoms with E-state index in [1.165, 1.54) is 0 Å². The van der Waals surface area contributed by atoms with Crippen LogP contribution in [0.3, 0.4) is 0 Å². The number of halogens is 1. The average Bonchev–Trinajstić information content (AvgIpc) is 2.82. The van der Waals surface area contributed by atoms with Crippen molar-refractivity contribution in [3.05, 3.63) is 119 Å². The second kappa shape index (κ2) is 11.9. The number of carbonyl (C=O) groups is 2. The van der Waals surface area contributed by atoms with Crippen LogP contribution in [0.2, 0.25) is 5.02 Å². The highest BCUT2D eigenvalue weighted by molar-refractivity contribution is 6.30. The summed E-state index contributed by atoms with van der Waals surface area (Å²) < 4.78 is 0. The second-order valence-corrected chi connectivity index (χ2v) is 7.99. The molecule has 1 unspecified atom stereocenters. The van der Waals surface area contributed by atoms with Gasteiger partial charge in [-0.1, -0.05) is 90.5 Å². The zero-order chi connectivity index (χ0) is 22.8. The third-order valence-corrected chi connectivity index (χ3v) is 5.41. The first-order valence-corrected chi connectivity index (χ1v) is 10.9. The van der Waals surface area contributed by atoms with Crippen LogP contribution in [0.5, 0.6) is 0 Å². The van der Waals surface area contributed by atoms with E-state index in [1.54, 1.807) is 23.1 Å². The minimum atomic E-state index is -0.663. The van der Waals surface area contributed by atoms with Gasteiger partial charge in [0.25, 0.3) is 0 Å². The van der Waals surface area contributed by atoms with Crippen LogP contribution in [0.15, 0.2) is 97.6 Å². The second-order valence-electron chi connectivity index (χ2n) is 7.55. The molecule has 3 rings (SSSR count). The Bertz CT molecular complexity index is 1020. The quantitative estimate of drug-likeness (QED) is 0.454. The average molecular weight is 447 g/mol. The summed E-state index contributed by atoms with van der Waals surface area (Å²) in [5.41, 5.74) is 2.80. The molecule has 1 atom stereocenters. The summed E-state index contributed by atoms with van der Waals surface area (Å²) in [6.07, 6.45) is 2.26. The van der Waals surface area contributed by atoms with Crippen molar-refractivity contribution in [1.82, 2.24) is 10.2 Å². The highest BCUT2D eigenvalue weighted by Crippen LogP contribution is 2.18. The molecule has 0 heterocycles. The van der Waals surface area contributed by atoms with Gasteiger partial charge in [-0.3, -0.25) is 9.59 Å². The zero-order valence-electron chi connectivity index (χ0n) is 17.9. The maximum absolute atomic E-state index is 13.5. The Kier molecular flexibility index (Phi) is 8.64. The Balaban J connectivity index is 1.93. The fourth-order valence-corrected chi connectivity index (χ4v) is 3.63. The Morgan fingerprint density at radius 1 is 0.875 bits per heavy atom. The van der Waals surface area contributed by atoms with Gasteiger partial charge in [0.15, 0.2) is 0 Å². The van der Waals surface area contributed by atoms with Gasteiger partial charge in [-0.25, -0.2) is 0 Å². The van der Waals surface area contributed by atoms with Gasteiger partial charge in [0, 0.05) is 24.5 Å². The molecule has 0 aliphatic heterocycles. The van der Waals surface area contributed by atoms with Crippen LogP contribution in [0.4, 0.5) is 0 Å². The molecule has 0 fully saturated rings. The minimum Gasteiger partial charge on any atom is -0.351 e. The summed E-state index contributed by atoms with van der Waals surface area (Å²) in [5, 5.41) is 3.50. The van der Waals surface area contributed by atoms with Crippen LogP contribution in [-0.4, -0.2) is 29.3 Å². The molecule has 0 aliphatic carbocycles. The van der Waals surface area contributed by atoms with Gasteiger partial charge in [0.2, 0.25) is 11.8 Å². The third-order valence-electron chi connectivity index (χ3n) is 5.16. The van der Waals surface area contributed by atoms with Crippen molar-refractivity contribution in [3.63, 3.8) is 0 Å². The van der Waals surface area contributed by atoms with Gasteiger partial charge < -0.3 is 10.2 Å². The first kappa shape index (κ1) is 23.3. The predicted molar refractivity (Wildman–Crippen MR) is 129 cm³/mol. The van der Waals surface area contributed by atoms with E-state index < -0.39 is 6.04 Å². The Hall–Kier alpha value is -3.37. The Labute approximate surface area is 194 Å². The van der Waals surface area contributed by atoms with E-state index in [-0.39, 0.29) is 18.2 Å². The van der Waals surface area contributed by atoms with E-state index in [0.717, 1.165) is 16.7 Å². The topological polar surface area (TPSA) is 49.4 Å². The van der Waals surface area contributed by atoms with E-state index in [4.69, 9.17) is 11.6 Å². The molecule has 164 valence electrons. The van der Waals surface area contributed by atoms with E-state index in [2.05, 4.69) is 11.9 Å². The fraction of sp³-hybridized carbons (Fsp3) is 0.185. The van der Waals surface area contributed by atoms with E-state index in [0.29, 0.717) is 24.5 Å². The molecule has 5 heteroatoms. The molecule has 0 aromatic heterocycles. The molecule has 1 N–H and O–H groups in total. The Morgan fingerprint density at radius 2 is 1.47 bits per heavy atom. The van der Waals surface area contributed by atoms with Gasteiger partial charge in [0.05, 0.1) is 6.42 Å². The predicted octanol–water partition coefficient (Wildman–Crippen LogP) is 4.82. The number of nitrogens with one attached hydrogen (secondary N) is 1. The maximum atomic E-state index is 13.5. The number of benzene rings is 3. The van der Waals surface area contributed by atoms with Crippen molar-refractivity contribution in [2.24, 2.45) is 0 Å². The number of rotatable bonds is 10. The van der Waals surface area contributed by atoms with Gasteiger partial charge in [-0.2, -0.15) is 0 Å². The molecule has 0 saturated heterocycles. The molecule has 0 saturated carbocycles. The summed E-state index contributed by atoms with van der Waals surface area (Å²) in [5.74, 6) is -0.315. The van der Waals surface area contributed by atoms with Crippen molar-refractivity contribution >= 4 is 23.4 Å². The first-order chi connectivity index (χ1) is 15.6. The van der Waals surface area contributed by atoms with Crippen LogP contribution < -0.4 is 5.32 Å². The monoisotopic (exact) mass is 446 g/mol. The summed E-state index contributed by atoms with van der Waals surface area (Å²) >= 11 is 6.04. The number of hydrogen-bond acceptors (Lipinski definition) is 2. The third kappa shape index (κ3) is 6.82. The smallest absolute Gasteiger partial charge is 0.243 e. The molecule has 4 nitrogen and oxygen atoms in total. The fourth-order valence-electron chi connectivity index (χ4n) is 3.50. The summed E-state index contributed by atoms with van der Waals surface area (Å²) in [6.45, 7) is 4.33. The normalized spacial score (nSPS) is 11.4. The number of hydrogen-bond donors (Lipinski definition) is 1. The lowest BCUT2D eigenvalue weighted by molar-refractivity contribution is -0.140. The first-order valence-electron chi connectivity index (χ1n) is 10.6. The van der Waals surface area contributed by atoms with Crippen molar-refractivity contribution in [3.8, 4) is 0 Å². The van der Waals surface area contributed by atoms with Crippen LogP contribution >= 0.6 is 11.6 Å². The van der Waals surface area contributed by atoms with Crippen molar-refractivity contribution in [2.75, 3.05) is 6.54 Å². The highest BCUT2D eigenvalue weighted by Gasteiger charge is 2.30. The van der Waals surface area contributed by atoms with Crippen molar-refractivity contribution < 1.29 is 9.59 Å². The van der Waals surface area contributed by atoms with Gasteiger partial charge in [-0.05, 0) is 28.8 Å². The molecule has 32 heavy (non-hydrogen) atoms. The van der Waals surface area contributed by atoms with Crippen LogP contribution in [0.1, 0.15) is 16.7 Å². The maximum Gasteiger partial charge on any atom is 0.243 e. The van der Waals surface area contributed by atoms with Gasteiger partial charge in [0.1, 0.15) is 6.04 Å². The number of amides is 2. The van der Waals surface area contributed by atoms with Crippen LogP contribution in [-0.2, 0) is 29.0 Å². The van der Waals surface area contributed by atoms with E-state index in [1.807, 2.05) is 72.8 Å². The lowest BCUT2D eigenvalue weighted by atomic mass is 10.0. The molecular formula is C27H27ClN2O2. The molecular weight excluding hydrogens is 420 g/mol. The molecule has 0 radical (unpaired) electrons. The molecule has 3 aromatic rings. The molecule has 0 bridgehead atoms. The lowest BCUT2D eigenvalue weighted by Gasteiger charge is -2.31. The zero-order valence-corrected chi connectivity index (χ0v) is 18.7. The SMILES string of the molecule is C=CCNC(=O)C(Cc1ccccc1)N(Cc1ccc(Cl)cc1)C(=O)Cc1ccccc1. The number of nitrogens with zero attached hydrogens (tertiary/aromatic N) is 1. The molecule has 3 aromatic carbocycles. The summed E-state index contributed by atoms with van der Waals surface area (Å²) in [4.78, 5) is 28.3. The molecule has 2 amide bonds. The summed E-state index contributed by atoms with van der Waals surface area (Å²) in [6, 6.07) is 26.0. The van der Waals surface area contributed by atoms with E-state index >= 15 is 0 Å². The van der Waals surface area contributed by atoms with Gasteiger partial charge >= 0.3 is 0 Å². The molecule has 0 aliphatic rings. The number of carbonyl (C=O) groups excluding carboxylic acids is 2. The van der Waals surface area contributed by atoms with Crippen LogP contribution in [0.25, 0.3) is 0 Å². The van der Waals surface area contributed by atoms with Gasteiger partial charge in [-0.15, -0.1) is 6.58 Å². The largest absolute Gasteiger partial charge is 0.351 e. The standard InChI is InChI=1S/C27H27ClN2O2/c1-2-17-29-27(32)25(18-21-9-5-3-6-10-21)30(20-23-13-15-24(28)16-14-23)26(31)19-22-11-7-4-8-12-22/h2-16,25H,1,17-20H2,(H,29,32). The van der Waals surface area contributed by atoms with Crippen molar-refractivity contribution in [2.45, 2.75) is 25.4 Å². The highest BCUT2D eigenvalue weighted by atomic mass is 35.5. The Morgan fingerprint density at radius 3 is 2.06 bits per heavy atom. The minimum absolute atomic E-state index is 0.110. The van der Waals surface area contributed by atoms with Crippen LogP contribution in [0, 0.1) is 0 Å². The lowest BCUT2D eigenvalue weighted by Crippen LogP contribution is -2.51. The van der Waals surface area contributed by atoms with Crippen molar-refractivity contribution in [1.29, 1.82) is 0 Å². The molecule has 0 spiro atoms. The summed E-state index contributed by atoms with van der Waals surface area (Å²) in [7, 11) is 0. The van der Waals surface area contributed by atoms with E-state index in [9.17, 15) is 9.59 Å².